The van der Waals surface area contributed by atoms with Crippen molar-refractivity contribution >= 4 is 59.0 Å². The smallest absolute Gasteiger partial charge is 0.298 e. The van der Waals surface area contributed by atoms with Crippen LogP contribution in [0.15, 0.2) is 92.2 Å². The van der Waals surface area contributed by atoms with Gasteiger partial charge in [0, 0.05) is 21.9 Å². The normalized spacial score (nSPS) is 13.0. The molecule has 45 heavy (non-hydrogen) atoms. The molecule has 0 spiro atoms. The monoisotopic (exact) mass is 646 g/mol. The van der Waals surface area contributed by atoms with Gasteiger partial charge >= 0.3 is 0 Å². The number of aryl methyl sites for hydroxylation is 1. The molecular formula is C31H22N2O10S2. The molecule has 0 bridgehead atoms. The van der Waals surface area contributed by atoms with Gasteiger partial charge in [-0.3, -0.25) is 18.7 Å². The summed E-state index contributed by atoms with van der Waals surface area (Å²) in [5.74, 6) is -0.979. The topological polar surface area (TPSA) is 197 Å². The number of ether oxygens (including phenoxy) is 1. The Labute approximate surface area is 254 Å². The molecule has 1 heterocycles. The van der Waals surface area contributed by atoms with Crippen LogP contribution in [0.1, 0.15) is 12.5 Å². The second-order valence-electron chi connectivity index (χ2n) is 10.3. The minimum absolute atomic E-state index is 0.0477. The molecule has 228 valence electrons. The van der Waals surface area contributed by atoms with E-state index in [1.54, 1.807) is 31.2 Å². The molecule has 0 amide bonds. The number of nitrogens with one attached hydrogen (secondary N) is 1. The molecule has 4 N–H and O–H groups in total. The summed E-state index contributed by atoms with van der Waals surface area (Å²) >= 11 is 0. The zero-order valence-electron chi connectivity index (χ0n) is 23.4. The van der Waals surface area contributed by atoms with Gasteiger partial charge in [0.15, 0.2) is 11.2 Å². The Morgan fingerprint density at radius 3 is 2.09 bits per heavy atom. The number of nitrogens with zero attached hydrogens (tertiary/aromatic N) is 1. The van der Waals surface area contributed by atoms with Gasteiger partial charge in [0.1, 0.15) is 26.8 Å². The lowest BCUT2D eigenvalue weighted by atomic mass is 9.96. The van der Waals surface area contributed by atoms with Gasteiger partial charge in [0.2, 0.25) is 0 Å². The molecule has 0 atom stereocenters. The van der Waals surface area contributed by atoms with Crippen LogP contribution in [-0.4, -0.2) is 36.0 Å². The number of aromatic nitrogens is 1. The highest BCUT2D eigenvalue weighted by atomic mass is 32.2. The van der Waals surface area contributed by atoms with Crippen LogP contribution >= 0.6 is 0 Å². The molecule has 12 nitrogen and oxygen atoms in total. The molecule has 0 aromatic heterocycles. The SMILES string of the molecule is C/C(O)=c1\c(=O)nc2c(Oc3ccccc3S(=O)(=O)O)cc(Nc3ccc(C)cc3S(=O)(=O)O)c3c2=c1c1ccccc1c3=O. The van der Waals surface area contributed by atoms with Gasteiger partial charge in [0.05, 0.1) is 22.0 Å². The Kier molecular flexibility index (Phi) is 6.97. The minimum Gasteiger partial charge on any atom is -0.512 e. The summed E-state index contributed by atoms with van der Waals surface area (Å²) in [6.45, 7) is 2.90. The number of aliphatic hydroxyl groups excluding tert-OH is 1. The van der Waals surface area contributed by atoms with Crippen LogP contribution in [0.5, 0.6) is 11.5 Å². The predicted octanol–water partition coefficient (Wildman–Crippen LogP) is 4.01. The number of rotatable bonds is 6. The van der Waals surface area contributed by atoms with Crippen LogP contribution in [0.2, 0.25) is 0 Å². The molecule has 4 aromatic carbocycles. The lowest BCUT2D eigenvalue weighted by Gasteiger charge is -2.18. The van der Waals surface area contributed by atoms with Gasteiger partial charge in [-0.15, -0.1) is 0 Å². The zero-order chi connectivity index (χ0) is 32.4. The number of hydrogen-bond donors (Lipinski definition) is 4. The van der Waals surface area contributed by atoms with E-state index in [0.717, 1.165) is 6.07 Å². The molecule has 0 saturated heterocycles. The van der Waals surface area contributed by atoms with E-state index in [0.29, 0.717) is 10.9 Å². The van der Waals surface area contributed by atoms with E-state index in [-0.39, 0.29) is 60.6 Å². The molecule has 1 aliphatic carbocycles. The molecule has 14 heteroatoms. The Bertz CT molecular complexity index is 2680. The summed E-state index contributed by atoms with van der Waals surface area (Å²) in [5, 5.41) is 13.9. The summed E-state index contributed by atoms with van der Waals surface area (Å²) in [5.41, 5.74) is -1.25. The quantitative estimate of drug-likeness (QED) is 0.190. The van der Waals surface area contributed by atoms with E-state index in [2.05, 4.69) is 10.3 Å². The van der Waals surface area contributed by atoms with E-state index < -0.39 is 41.0 Å². The first-order chi connectivity index (χ1) is 21.2. The first-order valence-electron chi connectivity index (χ1n) is 13.1. The van der Waals surface area contributed by atoms with E-state index in [4.69, 9.17) is 4.74 Å². The number of aliphatic hydroxyl groups is 1. The first-order valence-corrected chi connectivity index (χ1v) is 16.0. The standard InChI is InChI=1S/C31H22N2O10S2/c1-15-11-12-19(24(13-15)45(40,41)42)32-20-14-22(43-21-9-5-6-10-23(21)44(37,38)39)29-28-26(25(16(2)34)31(36)33-29)17-7-3-4-8-18(17)30(35)27(20)28/h3-14,32,34H,1-2H3,(H,37,38,39)(H,40,41,42)/b25-16+. The number of fused-ring (bicyclic) bond motifs is 2. The molecule has 6 rings (SSSR count). The molecule has 2 aliphatic rings. The van der Waals surface area contributed by atoms with E-state index in [9.17, 15) is 40.6 Å². The fraction of sp³-hybridized carbons (Fsp3) is 0.0645. The van der Waals surface area contributed by atoms with Crippen LogP contribution in [0.4, 0.5) is 11.4 Å². The maximum atomic E-state index is 14.1. The Hall–Kier alpha value is -5.15. The molecule has 0 radical (unpaired) electrons. The predicted molar refractivity (Wildman–Crippen MR) is 166 cm³/mol. The molecule has 0 unspecified atom stereocenters. The highest BCUT2D eigenvalue weighted by Gasteiger charge is 2.24. The van der Waals surface area contributed by atoms with E-state index in [1.807, 2.05) is 0 Å². The van der Waals surface area contributed by atoms with Crippen molar-refractivity contribution in [3.63, 3.8) is 0 Å². The number of hydrogen-bond acceptors (Lipinski definition) is 10. The largest absolute Gasteiger partial charge is 0.512 e. The number of benzene rings is 4. The van der Waals surface area contributed by atoms with Crippen molar-refractivity contribution in [3.05, 3.63) is 115 Å². The third kappa shape index (κ3) is 5.09. The number of anilines is 2. The lowest BCUT2D eigenvalue weighted by Crippen LogP contribution is -2.32. The van der Waals surface area contributed by atoms with Gasteiger partial charge in [0.25, 0.3) is 25.8 Å². The van der Waals surface area contributed by atoms with E-state index in [1.165, 1.54) is 49.4 Å². The van der Waals surface area contributed by atoms with Crippen molar-refractivity contribution in [2.75, 3.05) is 5.32 Å². The second kappa shape index (κ2) is 10.5. The van der Waals surface area contributed by atoms with Crippen molar-refractivity contribution in [2.45, 2.75) is 23.6 Å². The van der Waals surface area contributed by atoms with Crippen molar-refractivity contribution in [1.82, 2.24) is 4.98 Å². The average molecular weight is 647 g/mol. The van der Waals surface area contributed by atoms with Crippen LogP contribution < -0.4 is 26.3 Å². The molecule has 1 aliphatic heterocycles. The molecular weight excluding hydrogens is 624 g/mol. The third-order valence-corrected chi connectivity index (χ3v) is 9.04. The van der Waals surface area contributed by atoms with Gasteiger partial charge in [-0.2, -0.15) is 16.8 Å². The number of para-hydroxylation sites is 1. The Balaban J connectivity index is 1.85. The van der Waals surface area contributed by atoms with Crippen LogP contribution in [0, 0.1) is 17.4 Å². The van der Waals surface area contributed by atoms with Crippen molar-refractivity contribution in [1.29, 1.82) is 0 Å². The maximum absolute atomic E-state index is 14.1. The Morgan fingerprint density at radius 1 is 0.778 bits per heavy atom. The van der Waals surface area contributed by atoms with Crippen molar-refractivity contribution in [2.24, 2.45) is 0 Å². The summed E-state index contributed by atoms with van der Waals surface area (Å²) in [7, 11) is -9.55. The highest BCUT2D eigenvalue weighted by Crippen LogP contribution is 2.38. The fourth-order valence-corrected chi connectivity index (χ4v) is 6.75. The van der Waals surface area contributed by atoms with Crippen LogP contribution in [0.3, 0.4) is 0 Å². The highest BCUT2D eigenvalue weighted by molar-refractivity contribution is 7.86. The van der Waals surface area contributed by atoms with Gasteiger partial charge in [-0.05, 0) is 49.1 Å². The van der Waals surface area contributed by atoms with Gasteiger partial charge in [-0.25, -0.2) is 4.98 Å². The summed E-state index contributed by atoms with van der Waals surface area (Å²) in [6.07, 6.45) is 0. The summed E-state index contributed by atoms with van der Waals surface area (Å²) in [4.78, 5) is 30.6. The molecule has 0 saturated carbocycles. The maximum Gasteiger partial charge on any atom is 0.298 e. The van der Waals surface area contributed by atoms with Gasteiger partial charge in [-0.1, -0.05) is 42.5 Å². The summed E-state index contributed by atoms with van der Waals surface area (Å²) in [6, 6.07) is 16.9. The van der Waals surface area contributed by atoms with Crippen molar-refractivity contribution < 1.29 is 35.8 Å². The van der Waals surface area contributed by atoms with E-state index >= 15 is 0 Å². The Morgan fingerprint density at radius 2 is 1.42 bits per heavy atom. The lowest BCUT2D eigenvalue weighted by molar-refractivity contribution is 0.452. The fourth-order valence-electron chi connectivity index (χ4n) is 5.40. The third-order valence-electron chi connectivity index (χ3n) is 7.25. The zero-order valence-corrected chi connectivity index (χ0v) is 25.0. The molecule has 0 fully saturated rings. The summed E-state index contributed by atoms with van der Waals surface area (Å²) < 4.78 is 74.7. The molecule has 4 aromatic rings. The first kappa shape index (κ1) is 29.9. The average Bonchev–Trinajstić information content (AvgIpc) is 2.96. The van der Waals surface area contributed by atoms with Gasteiger partial charge < -0.3 is 15.2 Å². The second-order valence-corrected chi connectivity index (χ2v) is 13.1. The van der Waals surface area contributed by atoms with Crippen LogP contribution in [0.25, 0.3) is 27.4 Å². The van der Waals surface area contributed by atoms with Crippen LogP contribution in [-0.2, 0) is 20.2 Å². The van der Waals surface area contributed by atoms with Crippen molar-refractivity contribution in [3.8, 4) is 11.5 Å². The minimum atomic E-state index is -4.78.